The molecule has 0 aromatic heterocycles. The Labute approximate surface area is 125 Å². The van der Waals surface area contributed by atoms with Crippen molar-refractivity contribution in [2.24, 2.45) is 4.99 Å². The number of nitrogens with zero attached hydrogens (tertiary/aromatic N) is 1. The van der Waals surface area contributed by atoms with Crippen molar-refractivity contribution in [2.75, 3.05) is 0 Å². The number of aliphatic imine (C=N–C) groups is 1. The van der Waals surface area contributed by atoms with E-state index in [1.54, 1.807) is 6.08 Å². The summed E-state index contributed by atoms with van der Waals surface area (Å²) in [5.41, 5.74) is 1.71. The maximum atomic E-state index is 11.8. The third kappa shape index (κ3) is 5.57. The maximum Gasteiger partial charge on any atom is 0.185 e. The van der Waals surface area contributed by atoms with Crippen LogP contribution in [0.2, 0.25) is 0 Å². The Morgan fingerprint density at radius 2 is 1.57 bits per heavy atom. The van der Waals surface area contributed by atoms with Crippen molar-refractivity contribution in [3.63, 3.8) is 0 Å². The average Bonchev–Trinajstić information content (AvgIpc) is 2.55. The van der Waals surface area contributed by atoms with E-state index in [1.807, 2.05) is 73.0 Å². The van der Waals surface area contributed by atoms with Gasteiger partial charge in [-0.05, 0) is 37.5 Å². The van der Waals surface area contributed by atoms with Crippen LogP contribution in [0.3, 0.4) is 0 Å². The lowest BCUT2D eigenvalue weighted by molar-refractivity contribution is 0.104. The van der Waals surface area contributed by atoms with Gasteiger partial charge in [-0.2, -0.15) is 0 Å². The number of unbranched alkanes of at least 4 members (excludes halogenated alkanes) is 2. The molecule has 0 saturated heterocycles. The number of carbonyl (C=O) groups is 1. The van der Waals surface area contributed by atoms with Crippen LogP contribution >= 0.6 is 0 Å². The molecule has 0 heterocycles. The summed E-state index contributed by atoms with van der Waals surface area (Å²) in [6.45, 7) is 0. The second-order valence-corrected chi connectivity index (χ2v) is 4.71. The van der Waals surface area contributed by atoms with Crippen molar-refractivity contribution in [1.82, 2.24) is 0 Å². The zero-order chi connectivity index (χ0) is 14.8. The molecule has 0 radical (unpaired) electrons. The molecule has 2 nitrogen and oxygen atoms in total. The predicted molar refractivity (Wildman–Crippen MR) is 88.4 cm³/mol. The third-order valence-corrected chi connectivity index (χ3v) is 3.03. The van der Waals surface area contributed by atoms with Crippen molar-refractivity contribution < 1.29 is 4.79 Å². The Kier molecular flexibility index (Phi) is 6.14. The van der Waals surface area contributed by atoms with Gasteiger partial charge in [0.25, 0.3) is 0 Å². The quantitative estimate of drug-likeness (QED) is 0.303. The van der Waals surface area contributed by atoms with E-state index in [4.69, 9.17) is 0 Å². The number of para-hydroxylation sites is 1. The van der Waals surface area contributed by atoms with Crippen LogP contribution in [-0.4, -0.2) is 12.0 Å². The van der Waals surface area contributed by atoms with E-state index in [1.165, 1.54) is 0 Å². The van der Waals surface area contributed by atoms with Crippen molar-refractivity contribution in [3.05, 3.63) is 78.4 Å². The van der Waals surface area contributed by atoms with Crippen LogP contribution in [0.5, 0.6) is 0 Å². The van der Waals surface area contributed by atoms with Crippen molar-refractivity contribution >= 4 is 17.7 Å². The standard InChI is InChI=1S/C19H19NO/c21-19(17-11-5-3-6-12-17)15-9-1-2-10-16-20-18-13-7-4-8-14-18/h3-9,11-16H,1-2,10H2/b15-9+,20-16?. The summed E-state index contributed by atoms with van der Waals surface area (Å²) in [4.78, 5) is 16.2. The van der Waals surface area contributed by atoms with E-state index in [-0.39, 0.29) is 5.78 Å². The second kappa shape index (κ2) is 8.64. The van der Waals surface area contributed by atoms with E-state index in [0.717, 1.165) is 30.5 Å². The van der Waals surface area contributed by atoms with Crippen molar-refractivity contribution in [2.45, 2.75) is 19.3 Å². The molecule has 2 rings (SSSR count). The second-order valence-electron chi connectivity index (χ2n) is 4.71. The van der Waals surface area contributed by atoms with Gasteiger partial charge in [-0.25, -0.2) is 0 Å². The fraction of sp³-hybridized carbons (Fsp3) is 0.158. The van der Waals surface area contributed by atoms with Crippen LogP contribution < -0.4 is 0 Å². The Morgan fingerprint density at radius 1 is 0.905 bits per heavy atom. The minimum absolute atomic E-state index is 0.0635. The molecule has 0 aliphatic rings. The number of hydrogen-bond donors (Lipinski definition) is 0. The summed E-state index contributed by atoms with van der Waals surface area (Å²) in [6, 6.07) is 19.2. The normalized spacial score (nSPS) is 11.2. The monoisotopic (exact) mass is 277 g/mol. The first kappa shape index (κ1) is 14.9. The molecule has 21 heavy (non-hydrogen) atoms. The number of ketones is 1. The Hall–Kier alpha value is -2.48. The molecule has 0 aliphatic heterocycles. The van der Waals surface area contributed by atoms with Gasteiger partial charge in [-0.3, -0.25) is 9.79 Å². The molecule has 0 N–H and O–H groups in total. The van der Waals surface area contributed by atoms with Crippen LogP contribution in [0, 0.1) is 0 Å². The zero-order valence-electron chi connectivity index (χ0n) is 12.0. The van der Waals surface area contributed by atoms with Gasteiger partial charge < -0.3 is 0 Å². The highest BCUT2D eigenvalue weighted by molar-refractivity contribution is 6.04. The summed E-state index contributed by atoms with van der Waals surface area (Å²) in [5, 5.41) is 0. The molecule has 2 heteroatoms. The van der Waals surface area contributed by atoms with E-state index in [2.05, 4.69) is 4.99 Å². The molecule has 0 atom stereocenters. The number of hydrogen-bond acceptors (Lipinski definition) is 2. The van der Waals surface area contributed by atoms with Gasteiger partial charge in [0, 0.05) is 11.8 Å². The lowest BCUT2D eigenvalue weighted by atomic mass is 10.1. The molecule has 0 fully saturated rings. The summed E-state index contributed by atoms with van der Waals surface area (Å²) in [5.74, 6) is 0.0635. The molecule has 0 aliphatic carbocycles. The molecule has 0 amide bonds. The topological polar surface area (TPSA) is 29.4 Å². The molecule has 106 valence electrons. The van der Waals surface area contributed by atoms with E-state index >= 15 is 0 Å². The van der Waals surface area contributed by atoms with Crippen LogP contribution in [0.25, 0.3) is 0 Å². The van der Waals surface area contributed by atoms with Crippen molar-refractivity contribution in [1.29, 1.82) is 0 Å². The predicted octanol–water partition coefficient (Wildman–Crippen LogP) is 5.00. The van der Waals surface area contributed by atoms with Crippen LogP contribution in [0.15, 0.2) is 77.8 Å². The largest absolute Gasteiger partial charge is 0.289 e. The molecule has 0 saturated carbocycles. The molecule has 2 aromatic rings. The summed E-state index contributed by atoms with van der Waals surface area (Å²) in [6.07, 6.45) is 8.32. The SMILES string of the molecule is O=C(/C=C/CCCC=Nc1ccccc1)c1ccccc1. The Morgan fingerprint density at radius 3 is 2.29 bits per heavy atom. The number of allylic oxidation sites excluding steroid dienone is 2. The van der Waals surface area contributed by atoms with Crippen LogP contribution in [0.4, 0.5) is 5.69 Å². The van der Waals surface area contributed by atoms with E-state index < -0.39 is 0 Å². The highest BCUT2D eigenvalue weighted by Crippen LogP contribution is 2.09. The first-order valence-corrected chi connectivity index (χ1v) is 7.20. The first-order valence-electron chi connectivity index (χ1n) is 7.20. The van der Waals surface area contributed by atoms with Crippen molar-refractivity contribution in [3.8, 4) is 0 Å². The first-order chi connectivity index (χ1) is 10.4. The number of carbonyl (C=O) groups excluding carboxylic acids is 1. The van der Waals surface area contributed by atoms with Crippen LogP contribution in [0.1, 0.15) is 29.6 Å². The van der Waals surface area contributed by atoms with E-state index in [0.29, 0.717) is 0 Å². The van der Waals surface area contributed by atoms with E-state index in [9.17, 15) is 4.79 Å². The summed E-state index contributed by atoms with van der Waals surface area (Å²) < 4.78 is 0. The third-order valence-electron chi connectivity index (χ3n) is 3.03. The Balaban J connectivity index is 1.67. The summed E-state index contributed by atoms with van der Waals surface area (Å²) >= 11 is 0. The number of benzene rings is 2. The fourth-order valence-corrected chi connectivity index (χ4v) is 1.90. The smallest absolute Gasteiger partial charge is 0.185 e. The molecular weight excluding hydrogens is 258 g/mol. The van der Waals surface area contributed by atoms with Gasteiger partial charge in [-0.1, -0.05) is 54.6 Å². The Bertz CT molecular complexity index is 600. The van der Waals surface area contributed by atoms with Gasteiger partial charge in [0.2, 0.25) is 0 Å². The lowest BCUT2D eigenvalue weighted by Gasteiger charge is -1.94. The van der Waals surface area contributed by atoms with Gasteiger partial charge in [0.05, 0.1) is 5.69 Å². The molecule has 0 spiro atoms. The fourth-order valence-electron chi connectivity index (χ4n) is 1.90. The summed E-state index contributed by atoms with van der Waals surface area (Å²) in [7, 11) is 0. The minimum atomic E-state index is 0.0635. The molecular formula is C19H19NO. The average molecular weight is 277 g/mol. The van der Waals surface area contributed by atoms with Gasteiger partial charge in [0.1, 0.15) is 0 Å². The number of rotatable bonds is 7. The van der Waals surface area contributed by atoms with Crippen LogP contribution in [-0.2, 0) is 0 Å². The molecule has 0 unspecified atom stereocenters. The minimum Gasteiger partial charge on any atom is -0.289 e. The highest BCUT2D eigenvalue weighted by atomic mass is 16.1. The van der Waals surface area contributed by atoms with Gasteiger partial charge in [0.15, 0.2) is 5.78 Å². The maximum absolute atomic E-state index is 11.8. The molecule has 0 bridgehead atoms. The highest BCUT2D eigenvalue weighted by Gasteiger charge is 1.98. The molecule has 2 aromatic carbocycles. The zero-order valence-corrected chi connectivity index (χ0v) is 12.0. The van der Waals surface area contributed by atoms with Gasteiger partial charge >= 0.3 is 0 Å². The lowest BCUT2D eigenvalue weighted by Crippen LogP contribution is -1.92. The van der Waals surface area contributed by atoms with Gasteiger partial charge in [-0.15, -0.1) is 0 Å².